The minimum Gasteiger partial charge on any atom is -0.325 e. The first-order chi connectivity index (χ1) is 7.69. The van der Waals surface area contributed by atoms with Crippen LogP contribution in [0, 0.1) is 6.92 Å². The van der Waals surface area contributed by atoms with Gasteiger partial charge in [-0.1, -0.05) is 23.7 Å². The molecule has 1 aromatic carbocycles. The Morgan fingerprint density at radius 1 is 1.44 bits per heavy atom. The molecule has 1 aromatic heterocycles. The zero-order valence-electron chi connectivity index (χ0n) is 9.03. The summed E-state index contributed by atoms with van der Waals surface area (Å²) in [4.78, 5) is 5.67. The second-order valence-electron chi connectivity index (χ2n) is 3.63. The average molecular weight is 253 g/mol. The Morgan fingerprint density at radius 3 is 2.88 bits per heavy atom. The average Bonchev–Trinajstić information content (AvgIpc) is 2.60. The van der Waals surface area contributed by atoms with Crippen LogP contribution in [0.3, 0.4) is 0 Å². The van der Waals surface area contributed by atoms with Crippen LogP contribution in [0.15, 0.2) is 24.3 Å². The molecule has 2 rings (SSSR count). The first-order valence-electron chi connectivity index (χ1n) is 5.08. The summed E-state index contributed by atoms with van der Waals surface area (Å²) >= 11 is 7.63. The van der Waals surface area contributed by atoms with Crippen molar-refractivity contribution in [1.82, 2.24) is 4.98 Å². The molecule has 0 saturated carbocycles. The summed E-state index contributed by atoms with van der Waals surface area (Å²) < 4.78 is 0. The zero-order chi connectivity index (χ0) is 11.5. The molecule has 2 N–H and O–H groups in total. The molecule has 0 radical (unpaired) electrons. The number of thiazole rings is 1. The van der Waals surface area contributed by atoms with E-state index in [1.807, 2.05) is 25.1 Å². The van der Waals surface area contributed by atoms with Gasteiger partial charge in [0.2, 0.25) is 0 Å². The van der Waals surface area contributed by atoms with E-state index in [9.17, 15) is 0 Å². The molecule has 16 heavy (non-hydrogen) atoms. The Morgan fingerprint density at radius 2 is 2.25 bits per heavy atom. The second kappa shape index (κ2) is 4.95. The van der Waals surface area contributed by atoms with Crippen LogP contribution in [0.4, 0.5) is 0 Å². The number of nitrogens with two attached hydrogens (primary N) is 1. The van der Waals surface area contributed by atoms with Gasteiger partial charge in [-0.15, -0.1) is 11.3 Å². The number of nitrogens with zero attached hydrogens (tertiary/aromatic N) is 1. The van der Waals surface area contributed by atoms with Crippen LogP contribution in [-0.2, 0) is 13.0 Å². The van der Waals surface area contributed by atoms with E-state index in [-0.39, 0.29) is 0 Å². The van der Waals surface area contributed by atoms with Crippen LogP contribution in [0.2, 0.25) is 5.02 Å². The SMILES string of the molecule is Cc1nc(CN)sc1Cc1cccc(Cl)c1. The van der Waals surface area contributed by atoms with Crippen molar-refractivity contribution >= 4 is 22.9 Å². The fraction of sp³-hybridized carbons (Fsp3) is 0.250. The van der Waals surface area contributed by atoms with Crippen LogP contribution < -0.4 is 5.73 Å². The van der Waals surface area contributed by atoms with Crippen LogP contribution in [0.5, 0.6) is 0 Å². The Balaban J connectivity index is 2.23. The fourth-order valence-corrected chi connectivity index (χ4v) is 2.77. The Hall–Kier alpha value is -0.900. The molecule has 0 bridgehead atoms. The number of aromatic nitrogens is 1. The van der Waals surface area contributed by atoms with Gasteiger partial charge in [0.05, 0.1) is 5.69 Å². The van der Waals surface area contributed by atoms with Crippen molar-refractivity contribution in [1.29, 1.82) is 0 Å². The minimum atomic E-state index is 0.515. The Bertz CT molecular complexity index is 494. The summed E-state index contributed by atoms with van der Waals surface area (Å²) in [5.41, 5.74) is 7.86. The molecule has 0 aliphatic rings. The third kappa shape index (κ3) is 2.61. The van der Waals surface area contributed by atoms with E-state index in [2.05, 4.69) is 11.1 Å². The number of rotatable bonds is 3. The van der Waals surface area contributed by atoms with Crippen LogP contribution in [-0.4, -0.2) is 4.98 Å². The lowest BCUT2D eigenvalue weighted by molar-refractivity contribution is 1.01. The summed E-state index contributed by atoms with van der Waals surface area (Å²) in [6, 6.07) is 7.92. The third-order valence-corrected chi connectivity index (χ3v) is 3.78. The highest BCUT2D eigenvalue weighted by atomic mass is 35.5. The summed E-state index contributed by atoms with van der Waals surface area (Å²) in [6.07, 6.45) is 0.879. The molecule has 0 unspecified atom stereocenters. The standard InChI is InChI=1S/C12H13ClN2S/c1-8-11(16-12(7-14)15-8)6-9-3-2-4-10(13)5-9/h2-5H,6-7,14H2,1H3. The number of aryl methyl sites for hydroxylation is 1. The van der Waals surface area contributed by atoms with Crippen molar-refractivity contribution in [2.24, 2.45) is 5.73 Å². The fourth-order valence-electron chi connectivity index (χ4n) is 1.57. The van der Waals surface area contributed by atoms with Crippen molar-refractivity contribution in [3.63, 3.8) is 0 Å². The summed E-state index contributed by atoms with van der Waals surface area (Å²) in [6.45, 7) is 2.54. The molecule has 0 saturated heterocycles. The van der Waals surface area contributed by atoms with Crippen LogP contribution >= 0.6 is 22.9 Å². The maximum atomic E-state index is 5.95. The highest BCUT2D eigenvalue weighted by Crippen LogP contribution is 2.22. The van der Waals surface area contributed by atoms with Gasteiger partial charge in [0.1, 0.15) is 5.01 Å². The van der Waals surface area contributed by atoms with Crippen molar-refractivity contribution < 1.29 is 0 Å². The predicted molar refractivity (Wildman–Crippen MR) is 69.0 cm³/mol. The highest BCUT2D eigenvalue weighted by Gasteiger charge is 2.07. The molecule has 0 aliphatic carbocycles. The maximum Gasteiger partial charge on any atom is 0.107 e. The molecule has 84 valence electrons. The lowest BCUT2D eigenvalue weighted by Gasteiger charge is -2.00. The van der Waals surface area contributed by atoms with E-state index >= 15 is 0 Å². The lowest BCUT2D eigenvalue weighted by Crippen LogP contribution is -1.94. The molecular formula is C12H13ClN2S. The monoisotopic (exact) mass is 252 g/mol. The zero-order valence-corrected chi connectivity index (χ0v) is 10.6. The summed E-state index contributed by atoms with van der Waals surface area (Å²) in [5.74, 6) is 0. The van der Waals surface area contributed by atoms with Gasteiger partial charge in [0.25, 0.3) is 0 Å². The third-order valence-electron chi connectivity index (χ3n) is 2.37. The predicted octanol–water partition coefficient (Wildman–Crippen LogP) is 3.15. The molecule has 0 spiro atoms. The number of benzene rings is 1. The van der Waals surface area contributed by atoms with Crippen molar-refractivity contribution in [2.45, 2.75) is 19.9 Å². The molecule has 0 amide bonds. The van der Waals surface area contributed by atoms with Gasteiger partial charge in [-0.25, -0.2) is 4.98 Å². The molecule has 0 fully saturated rings. The summed E-state index contributed by atoms with van der Waals surface area (Å²) in [7, 11) is 0. The first kappa shape index (κ1) is 11.6. The van der Waals surface area contributed by atoms with Gasteiger partial charge < -0.3 is 5.73 Å². The van der Waals surface area contributed by atoms with E-state index in [0.717, 1.165) is 22.1 Å². The lowest BCUT2D eigenvalue weighted by atomic mass is 10.1. The van der Waals surface area contributed by atoms with E-state index in [1.165, 1.54) is 10.4 Å². The Kier molecular flexibility index (Phi) is 3.59. The van der Waals surface area contributed by atoms with Crippen LogP contribution in [0.1, 0.15) is 21.1 Å². The van der Waals surface area contributed by atoms with Gasteiger partial charge in [-0.2, -0.15) is 0 Å². The smallest absolute Gasteiger partial charge is 0.107 e. The highest BCUT2D eigenvalue weighted by molar-refractivity contribution is 7.11. The van der Waals surface area contributed by atoms with Gasteiger partial charge in [0, 0.05) is 22.9 Å². The normalized spacial score (nSPS) is 10.7. The minimum absolute atomic E-state index is 0.515. The molecule has 2 aromatic rings. The Labute approximate surface area is 104 Å². The van der Waals surface area contributed by atoms with E-state index < -0.39 is 0 Å². The van der Waals surface area contributed by atoms with Gasteiger partial charge in [-0.05, 0) is 24.6 Å². The van der Waals surface area contributed by atoms with Crippen molar-refractivity contribution in [2.75, 3.05) is 0 Å². The molecule has 1 heterocycles. The number of halogens is 1. The topological polar surface area (TPSA) is 38.9 Å². The molecule has 0 atom stereocenters. The van der Waals surface area contributed by atoms with E-state index in [1.54, 1.807) is 11.3 Å². The van der Waals surface area contributed by atoms with E-state index in [0.29, 0.717) is 6.54 Å². The van der Waals surface area contributed by atoms with E-state index in [4.69, 9.17) is 17.3 Å². The quantitative estimate of drug-likeness (QED) is 0.912. The molecular weight excluding hydrogens is 240 g/mol. The van der Waals surface area contributed by atoms with Gasteiger partial charge in [0.15, 0.2) is 0 Å². The van der Waals surface area contributed by atoms with Gasteiger partial charge in [-0.3, -0.25) is 0 Å². The molecule has 4 heteroatoms. The summed E-state index contributed by atoms with van der Waals surface area (Å²) in [5, 5.41) is 1.77. The van der Waals surface area contributed by atoms with Crippen molar-refractivity contribution in [3.8, 4) is 0 Å². The maximum absolute atomic E-state index is 5.95. The van der Waals surface area contributed by atoms with Gasteiger partial charge >= 0.3 is 0 Å². The second-order valence-corrected chi connectivity index (χ2v) is 5.23. The molecule has 2 nitrogen and oxygen atoms in total. The number of hydrogen-bond donors (Lipinski definition) is 1. The van der Waals surface area contributed by atoms with Crippen molar-refractivity contribution in [3.05, 3.63) is 50.4 Å². The van der Waals surface area contributed by atoms with Crippen LogP contribution in [0.25, 0.3) is 0 Å². The first-order valence-corrected chi connectivity index (χ1v) is 6.28. The molecule has 0 aliphatic heterocycles. The number of hydrogen-bond acceptors (Lipinski definition) is 3. The largest absolute Gasteiger partial charge is 0.325 e.